The third-order valence-electron chi connectivity index (χ3n) is 6.91. The summed E-state index contributed by atoms with van der Waals surface area (Å²) in [4.78, 5) is 29.6. The van der Waals surface area contributed by atoms with Crippen molar-refractivity contribution in [2.24, 2.45) is 0 Å². The zero-order valence-corrected chi connectivity index (χ0v) is 26.5. The number of carbonyl (C=O) groups is 2. The molecule has 4 aromatic rings. The van der Waals surface area contributed by atoms with Crippen LogP contribution in [0.15, 0.2) is 114 Å². The first-order valence-corrected chi connectivity index (χ1v) is 16.0. The maximum atomic E-state index is 14.4. The summed E-state index contributed by atoms with van der Waals surface area (Å²) < 4.78 is 34.4. The van der Waals surface area contributed by atoms with Crippen LogP contribution in [0.3, 0.4) is 0 Å². The maximum absolute atomic E-state index is 14.4. The predicted molar refractivity (Wildman–Crippen MR) is 173 cm³/mol. The molecule has 0 fully saturated rings. The van der Waals surface area contributed by atoms with Crippen molar-refractivity contribution in [1.29, 1.82) is 0 Å². The fourth-order valence-electron chi connectivity index (χ4n) is 4.76. The van der Waals surface area contributed by atoms with Crippen molar-refractivity contribution < 1.29 is 22.7 Å². The quantitative estimate of drug-likeness (QED) is 0.204. The van der Waals surface area contributed by atoms with E-state index in [1.54, 1.807) is 60.7 Å². The molecule has 0 aliphatic carbocycles. The number of nitrogens with zero attached hydrogens (tertiary/aromatic N) is 2. The first-order chi connectivity index (χ1) is 21.1. The van der Waals surface area contributed by atoms with Crippen LogP contribution in [0.25, 0.3) is 0 Å². The van der Waals surface area contributed by atoms with Crippen LogP contribution in [0.5, 0.6) is 5.75 Å². The smallest absolute Gasteiger partial charge is 0.264 e. The number of carbonyl (C=O) groups excluding carboxylic acids is 2. The van der Waals surface area contributed by atoms with Crippen LogP contribution < -0.4 is 14.4 Å². The van der Waals surface area contributed by atoms with Gasteiger partial charge in [0.15, 0.2) is 0 Å². The zero-order chi connectivity index (χ0) is 31.7. The van der Waals surface area contributed by atoms with Gasteiger partial charge in [-0.3, -0.25) is 13.9 Å². The number of halogens is 1. The van der Waals surface area contributed by atoms with Crippen LogP contribution in [-0.2, 0) is 32.6 Å². The predicted octanol–water partition coefficient (Wildman–Crippen LogP) is 5.71. The van der Waals surface area contributed by atoms with E-state index in [2.05, 4.69) is 5.32 Å². The normalized spacial score (nSPS) is 11.9. The second-order valence-corrected chi connectivity index (χ2v) is 12.8. The van der Waals surface area contributed by atoms with Crippen LogP contribution in [0, 0.1) is 0 Å². The standard InChI is InChI=1S/C34H36ClN3O5S/c1-25(2)36-34(40)32(22-26-11-6-4-7-12-26)37(23-27-13-10-14-28(35)21-27)33(39)24-38(29-17-19-30(43-3)20-18-29)44(41,42)31-15-8-5-9-16-31/h4-21,25,32H,22-24H2,1-3H3,(H,36,40). The maximum Gasteiger partial charge on any atom is 0.264 e. The number of benzene rings is 4. The van der Waals surface area contributed by atoms with Gasteiger partial charge in [0.25, 0.3) is 10.0 Å². The van der Waals surface area contributed by atoms with Gasteiger partial charge in [-0.25, -0.2) is 8.42 Å². The highest BCUT2D eigenvalue weighted by Gasteiger charge is 2.34. The SMILES string of the molecule is COc1ccc(N(CC(=O)N(Cc2cccc(Cl)c2)C(Cc2ccccc2)C(=O)NC(C)C)S(=O)(=O)c2ccccc2)cc1. The molecule has 0 aromatic heterocycles. The molecule has 1 unspecified atom stereocenters. The number of amides is 2. The molecule has 1 atom stereocenters. The highest BCUT2D eigenvalue weighted by molar-refractivity contribution is 7.92. The summed E-state index contributed by atoms with van der Waals surface area (Å²) in [6.07, 6.45) is 0.222. The van der Waals surface area contributed by atoms with Gasteiger partial charge < -0.3 is 15.0 Å². The minimum absolute atomic E-state index is 0.0309. The molecule has 1 N–H and O–H groups in total. The molecule has 0 aliphatic rings. The minimum Gasteiger partial charge on any atom is -0.497 e. The van der Waals surface area contributed by atoms with E-state index in [0.29, 0.717) is 16.3 Å². The molecule has 4 rings (SSSR count). The molecule has 0 bridgehead atoms. The Morgan fingerprint density at radius 1 is 0.841 bits per heavy atom. The number of anilines is 1. The fraction of sp³-hybridized carbons (Fsp3) is 0.235. The van der Waals surface area contributed by atoms with Crippen LogP contribution >= 0.6 is 11.6 Å². The lowest BCUT2D eigenvalue weighted by molar-refractivity contribution is -0.140. The van der Waals surface area contributed by atoms with Crippen molar-refractivity contribution in [3.8, 4) is 5.75 Å². The van der Waals surface area contributed by atoms with Crippen molar-refractivity contribution in [1.82, 2.24) is 10.2 Å². The summed E-state index contributed by atoms with van der Waals surface area (Å²) in [6.45, 7) is 3.17. The molecule has 0 radical (unpaired) electrons. The number of hydrogen-bond acceptors (Lipinski definition) is 5. The van der Waals surface area contributed by atoms with Crippen LogP contribution in [-0.4, -0.2) is 50.9 Å². The first kappa shape index (κ1) is 32.6. The van der Waals surface area contributed by atoms with Crippen LogP contribution in [0.2, 0.25) is 5.02 Å². The molecular formula is C34H36ClN3O5S. The lowest BCUT2D eigenvalue weighted by Gasteiger charge is -2.34. The fourth-order valence-corrected chi connectivity index (χ4v) is 6.41. The molecular weight excluding hydrogens is 598 g/mol. The van der Waals surface area contributed by atoms with Crippen molar-refractivity contribution in [2.45, 2.75) is 43.8 Å². The van der Waals surface area contributed by atoms with Crippen molar-refractivity contribution >= 4 is 39.1 Å². The van der Waals surface area contributed by atoms with E-state index in [9.17, 15) is 18.0 Å². The molecule has 10 heteroatoms. The van der Waals surface area contributed by atoms with E-state index in [1.165, 1.54) is 24.1 Å². The Balaban J connectivity index is 1.80. The molecule has 0 saturated carbocycles. The van der Waals surface area contributed by atoms with E-state index >= 15 is 0 Å². The first-order valence-electron chi connectivity index (χ1n) is 14.2. The number of hydrogen-bond donors (Lipinski definition) is 1. The van der Waals surface area contributed by atoms with Gasteiger partial charge in [0.2, 0.25) is 11.8 Å². The van der Waals surface area contributed by atoms with Gasteiger partial charge in [-0.15, -0.1) is 0 Å². The lowest BCUT2D eigenvalue weighted by Crippen LogP contribution is -2.54. The molecule has 0 saturated heterocycles. The van der Waals surface area contributed by atoms with Crippen molar-refractivity contribution in [2.75, 3.05) is 18.0 Å². The summed E-state index contributed by atoms with van der Waals surface area (Å²) in [5, 5.41) is 3.42. The molecule has 4 aromatic carbocycles. The summed E-state index contributed by atoms with van der Waals surface area (Å²) in [6, 6.07) is 29.7. The topological polar surface area (TPSA) is 96.0 Å². The summed E-state index contributed by atoms with van der Waals surface area (Å²) in [5.41, 5.74) is 1.82. The molecule has 0 spiro atoms. The summed E-state index contributed by atoms with van der Waals surface area (Å²) in [5.74, 6) is -0.366. The Kier molecular flexibility index (Phi) is 11.0. The Bertz CT molecular complexity index is 1650. The second-order valence-electron chi connectivity index (χ2n) is 10.5. The van der Waals surface area contributed by atoms with Gasteiger partial charge in [-0.2, -0.15) is 0 Å². The number of ether oxygens (including phenoxy) is 1. The van der Waals surface area contributed by atoms with Gasteiger partial charge >= 0.3 is 0 Å². The van der Waals surface area contributed by atoms with Gasteiger partial charge in [0.05, 0.1) is 17.7 Å². The van der Waals surface area contributed by atoms with Gasteiger partial charge in [0, 0.05) is 24.0 Å². The highest BCUT2D eigenvalue weighted by Crippen LogP contribution is 2.27. The number of nitrogens with one attached hydrogen (secondary N) is 1. The van der Waals surface area contributed by atoms with Crippen molar-refractivity contribution in [3.63, 3.8) is 0 Å². The van der Waals surface area contributed by atoms with Crippen LogP contribution in [0.4, 0.5) is 5.69 Å². The number of sulfonamides is 1. The number of methoxy groups -OCH3 is 1. The number of rotatable bonds is 13. The van der Waals surface area contributed by atoms with E-state index < -0.39 is 28.5 Å². The van der Waals surface area contributed by atoms with E-state index in [1.807, 2.05) is 50.2 Å². The van der Waals surface area contributed by atoms with Gasteiger partial charge in [-0.1, -0.05) is 72.3 Å². The van der Waals surface area contributed by atoms with E-state index in [0.717, 1.165) is 9.87 Å². The molecule has 0 heterocycles. The average Bonchev–Trinajstić information content (AvgIpc) is 3.02. The summed E-state index contributed by atoms with van der Waals surface area (Å²) >= 11 is 6.28. The Morgan fingerprint density at radius 3 is 2.05 bits per heavy atom. The third kappa shape index (κ3) is 8.39. The molecule has 2 amide bonds. The van der Waals surface area contributed by atoms with E-state index in [-0.39, 0.29) is 35.5 Å². The summed E-state index contributed by atoms with van der Waals surface area (Å²) in [7, 11) is -2.67. The Labute approximate surface area is 264 Å². The average molecular weight is 634 g/mol. The Hall–Kier alpha value is -4.34. The molecule has 8 nitrogen and oxygen atoms in total. The second kappa shape index (κ2) is 14.9. The van der Waals surface area contributed by atoms with Crippen molar-refractivity contribution in [3.05, 3.63) is 125 Å². The Morgan fingerprint density at radius 2 is 1.45 bits per heavy atom. The third-order valence-corrected chi connectivity index (χ3v) is 8.94. The molecule has 44 heavy (non-hydrogen) atoms. The van der Waals surface area contributed by atoms with Crippen LogP contribution in [0.1, 0.15) is 25.0 Å². The lowest BCUT2D eigenvalue weighted by atomic mass is 10.0. The monoisotopic (exact) mass is 633 g/mol. The minimum atomic E-state index is -4.18. The van der Waals surface area contributed by atoms with Gasteiger partial charge in [0.1, 0.15) is 18.3 Å². The van der Waals surface area contributed by atoms with Gasteiger partial charge in [-0.05, 0) is 73.5 Å². The van der Waals surface area contributed by atoms with E-state index in [4.69, 9.17) is 16.3 Å². The highest BCUT2D eigenvalue weighted by atomic mass is 35.5. The molecule has 230 valence electrons. The largest absolute Gasteiger partial charge is 0.497 e. The zero-order valence-electron chi connectivity index (χ0n) is 24.9. The molecule has 0 aliphatic heterocycles.